The highest BCUT2D eigenvalue weighted by atomic mass is 16.5. The summed E-state index contributed by atoms with van der Waals surface area (Å²) in [6.07, 6.45) is 9.87. The molecule has 1 N–H and O–H groups in total. The number of hydrogen-bond donors (Lipinski definition) is 1. The Morgan fingerprint density at radius 1 is 1.11 bits per heavy atom. The van der Waals surface area contributed by atoms with E-state index in [0.29, 0.717) is 12.1 Å². The summed E-state index contributed by atoms with van der Waals surface area (Å²) in [6, 6.07) is 0.665. The van der Waals surface area contributed by atoms with Crippen molar-refractivity contribution in [2.24, 2.45) is 17.8 Å². The molecule has 0 bridgehead atoms. The molecular formula is C16H31NO. The van der Waals surface area contributed by atoms with Crippen molar-refractivity contribution in [3.05, 3.63) is 0 Å². The minimum Gasteiger partial charge on any atom is -0.378 e. The normalized spacial score (nSPS) is 39.5. The largest absolute Gasteiger partial charge is 0.378 e. The highest BCUT2D eigenvalue weighted by molar-refractivity contribution is 4.85. The molecule has 4 unspecified atom stereocenters. The second-order valence-electron chi connectivity index (χ2n) is 6.80. The van der Waals surface area contributed by atoms with Gasteiger partial charge in [0.05, 0.1) is 6.10 Å². The summed E-state index contributed by atoms with van der Waals surface area (Å²) in [4.78, 5) is 0. The molecule has 0 amide bonds. The molecular weight excluding hydrogens is 222 g/mol. The molecule has 2 nitrogen and oxygen atoms in total. The van der Waals surface area contributed by atoms with Crippen LogP contribution in [0.15, 0.2) is 0 Å². The first-order chi connectivity index (χ1) is 8.69. The number of hydrogen-bond acceptors (Lipinski definition) is 2. The second kappa shape index (κ2) is 6.91. The van der Waals surface area contributed by atoms with Crippen LogP contribution in [-0.4, -0.2) is 25.8 Å². The Labute approximate surface area is 113 Å². The van der Waals surface area contributed by atoms with Crippen molar-refractivity contribution in [2.75, 3.05) is 13.7 Å². The molecule has 0 aromatic heterocycles. The summed E-state index contributed by atoms with van der Waals surface area (Å²) in [7, 11) is 2.14. The Balaban J connectivity index is 1.86. The van der Waals surface area contributed by atoms with Crippen molar-refractivity contribution in [1.82, 2.24) is 5.32 Å². The first kappa shape index (κ1) is 14.3. The fourth-order valence-corrected chi connectivity index (χ4v) is 4.16. The number of ether oxygens (including phenoxy) is 1. The van der Waals surface area contributed by atoms with Gasteiger partial charge in [-0.2, -0.15) is 0 Å². The van der Waals surface area contributed by atoms with Gasteiger partial charge in [0.25, 0.3) is 0 Å². The molecule has 0 aromatic rings. The molecule has 1 aliphatic carbocycles. The SMILES string of the molecule is CNC(CC1CCCCO1)C1CC(C)CC(C)C1. The van der Waals surface area contributed by atoms with E-state index in [4.69, 9.17) is 4.74 Å². The summed E-state index contributed by atoms with van der Waals surface area (Å²) in [5.41, 5.74) is 0. The first-order valence-corrected chi connectivity index (χ1v) is 7.98. The highest BCUT2D eigenvalue weighted by Gasteiger charge is 2.31. The molecule has 0 aromatic carbocycles. The molecule has 18 heavy (non-hydrogen) atoms. The van der Waals surface area contributed by atoms with Gasteiger partial charge < -0.3 is 10.1 Å². The maximum atomic E-state index is 5.91. The predicted molar refractivity (Wildman–Crippen MR) is 76.7 cm³/mol. The quantitative estimate of drug-likeness (QED) is 0.826. The zero-order chi connectivity index (χ0) is 13.0. The molecule has 1 saturated heterocycles. The summed E-state index contributed by atoms with van der Waals surface area (Å²) >= 11 is 0. The van der Waals surface area contributed by atoms with Gasteiger partial charge in [0.15, 0.2) is 0 Å². The lowest BCUT2D eigenvalue weighted by Gasteiger charge is -2.38. The van der Waals surface area contributed by atoms with E-state index in [-0.39, 0.29) is 0 Å². The van der Waals surface area contributed by atoms with Crippen LogP contribution in [0, 0.1) is 17.8 Å². The van der Waals surface area contributed by atoms with Gasteiger partial charge in [0.1, 0.15) is 0 Å². The number of nitrogens with one attached hydrogen (secondary N) is 1. The second-order valence-corrected chi connectivity index (χ2v) is 6.80. The molecule has 2 heteroatoms. The molecule has 4 atom stereocenters. The van der Waals surface area contributed by atoms with Crippen LogP contribution in [0.1, 0.15) is 58.8 Å². The van der Waals surface area contributed by atoms with Crippen molar-refractivity contribution in [3.63, 3.8) is 0 Å². The third-order valence-electron chi connectivity index (χ3n) is 4.95. The fraction of sp³-hybridized carbons (Fsp3) is 1.00. The average Bonchev–Trinajstić information content (AvgIpc) is 2.36. The Hall–Kier alpha value is -0.0800. The van der Waals surface area contributed by atoms with E-state index in [0.717, 1.165) is 24.4 Å². The van der Waals surface area contributed by atoms with Crippen LogP contribution in [0.5, 0.6) is 0 Å². The molecule has 0 radical (unpaired) electrons. The molecule has 0 spiro atoms. The molecule has 1 aliphatic heterocycles. The van der Waals surface area contributed by atoms with Crippen LogP contribution in [-0.2, 0) is 4.74 Å². The van der Waals surface area contributed by atoms with Gasteiger partial charge in [-0.05, 0) is 69.7 Å². The fourth-order valence-electron chi connectivity index (χ4n) is 4.16. The molecule has 1 saturated carbocycles. The molecule has 106 valence electrons. The minimum atomic E-state index is 0.517. The Kier molecular flexibility index (Phi) is 5.50. The van der Waals surface area contributed by atoms with Crippen molar-refractivity contribution < 1.29 is 4.74 Å². The van der Waals surface area contributed by atoms with E-state index >= 15 is 0 Å². The van der Waals surface area contributed by atoms with Gasteiger partial charge in [0, 0.05) is 12.6 Å². The summed E-state index contributed by atoms with van der Waals surface area (Å²) in [5.74, 6) is 2.67. The lowest BCUT2D eigenvalue weighted by molar-refractivity contribution is -0.00191. The predicted octanol–water partition coefficient (Wildman–Crippen LogP) is 3.61. The van der Waals surface area contributed by atoms with Crippen LogP contribution in [0.4, 0.5) is 0 Å². The molecule has 2 aliphatic rings. The third kappa shape index (κ3) is 3.96. The minimum absolute atomic E-state index is 0.517. The van der Waals surface area contributed by atoms with Crippen molar-refractivity contribution >= 4 is 0 Å². The van der Waals surface area contributed by atoms with Crippen molar-refractivity contribution in [1.29, 1.82) is 0 Å². The average molecular weight is 253 g/mol. The maximum absolute atomic E-state index is 5.91. The lowest BCUT2D eigenvalue weighted by Crippen LogP contribution is -2.41. The topological polar surface area (TPSA) is 21.3 Å². The zero-order valence-corrected chi connectivity index (χ0v) is 12.5. The standard InChI is InChI=1S/C16H31NO/c1-12-8-13(2)10-14(9-12)16(17-3)11-15-6-4-5-7-18-15/h12-17H,4-11H2,1-3H3. The maximum Gasteiger partial charge on any atom is 0.0590 e. The van der Waals surface area contributed by atoms with E-state index in [1.54, 1.807) is 0 Å². The first-order valence-electron chi connectivity index (χ1n) is 7.98. The zero-order valence-electron chi connectivity index (χ0n) is 12.5. The van der Waals surface area contributed by atoms with E-state index in [2.05, 4.69) is 26.2 Å². The highest BCUT2D eigenvalue weighted by Crippen LogP contribution is 2.36. The Bertz CT molecular complexity index is 227. The van der Waals surface area contributed by atoms with Gasteiger partial charge in [-0.25, -0.2) is 0 Å². The molecule has 2 rings (SSSR count). The lowest BCUT2D eigenvalue weighted by atomic mass is 9.72. The van der Waals surface area contributed by atoms with Crippen molar-refractivity contribution in [3.8, 4) is 0 Å². The van der Waals surface area contributed by atoms with Crippen LogP contribution in [0.25, 0.3) is 0 Å². The molecule has 2 fully saturated rings. The number of rotatable bonds is 4. The van der Waals surface area contributed by atoms with E-state index in [1.807, 2.05) is 0 Å². The monoisotopic (exact) mass is 253 g/mol. The summed E-state index contributed by atoms with van der Waals surface area (Å²) < 4.78 is 5.91. The van der Waals surface area contributed by atoms with Crippen LogP contribution in [0.3, 0.4) is 0 Å². The van der Waals surface area contributed by atoms with Gasteiger partial charge in [-0.1, -0.05) is 13.8 Å². The Morgan fingerprint density at radius 2 is 1.83 bits per heavy atom. The van der Waals surface area contributed by atoms with Crippen LogP contribution < -0.4 is 5.32 Å². The van der Waals surface area contributed by atoms with E-state index in [1.165, 1.54) is 44.9 Å². The van der Waals surface area contributed by atoms with Crippen molar-refractivity contribution in [2.45, 2.75) is 70.9 Å². The van der Waals surface area contributed by atoms with Gasteiger partial charge >= 0.3 is 0 Å². The van der Waals surface area contributed by atoms with Crippen LogP contribution >= 0.6 is 0 Å². The smallest absolute Gasteiger partial charge is 0.0590 e. The van der Waals surface area contributed by atoms with Gasteiger partial charge in [0.2, 0.25) is 0 Å². The van der Waals surface area contributed by atoms with E-state index < -0.39 is 0 Å². The Morgan fingerprint density at radius 3 is 2.39 bits per heavy atom. The van der Waals surface area contributed by atoms with Gasteiger partial charge in [-0.3, -0.25) is 0 Å². The summed E-state index contributed by atoms with van der Waals surface area (Å²) in [5, 5.41) is 3.58. The van der Waals surface area contributed by atoms with Crippen LogP contribution in [0.2, 0.25) is 0 Å². The third-order valence-corrected chi connectivity index (χ3v) is 4.95. The van der Waals surface area contributed by atoms with E-state index in [9.17, 15) is 0 Å². The summed E-state index contributed by atoms with van der Waals surface area (Å²) in [6.45, 7) is 5.83. The molecule has 1 heterocycles. The van der Waals surface area contributed by atoms with Gasteiger partial charge in [-0.15, -0.1) is 0 Å².